The fourth-order valence-corrected chi connectivity index (χ4v) is 2.42. The topological polar surface area (TPSA) is 111 Å². The molecule has 0 aliphatic carbocycles. The third-order valence-electron chi connectivity index (χ3n) is 3.00. The van der Waals surface area contributed by atoms with Crippen molar-refractivity contribution in [1.29, 1.82) is 0 Å². The molecule has 0 saturated carbocycles. The molecule has 2 rings (SSSR count). The molecule has 0 aromatic carbocycles. The standard InChI is InChI=1S/C10H13N2O6PS/c1-5-3-12(10(15)11-9(5)14)8-2-6(13)7(18-8)4-17-19(16)20/h3,6-8,13H,2,4H2,1H3,(H,11,14,15)/t6-,7+,8+/m0/s1. The Labute approximate surface area is 119 Å². The van der Waals surface area contributed by atoms with Crippen LogP contribution in [-0.2, 0) is 26.1 Å². The zero-order chi connectivity index (χ0) is 14.9. The molecule has 0 bridgehead atoms. The third-order valence-corrected chi connectivity index (χ3v) is 3.68. The summed E-state index contributed by atoms with van der Waals surface area (Å²) in [6.07, 6.45) is -0.780. The fourth-order valence-electron chi connectivity index (χ4n) is 1.97. The molecule has 1 aromatic rings. The van der Waals surface area contributed by atoms with E-state index in [2.05, 4.69) is 17.2 Å². The van der Waals surface area contributed by atoms with Crippen LogP contribution < -0.4 is 11.2 Å². The van der Waals surface area contributed by atoms with Gasteiger partial charge in [-0.2, -0.15) is 4.52 Å². The normalized spacial score (nSPS) is 26.8. The van der Waals surface area contributed by atoms with Gasteiger partial charge in [0.2, 0.25) is 0 Å². The first-order valence-corrected chi connectivity index (χ1v) is 8.00. The maximum atomic E-state index is 11.7. The molecule has 10 heteroatoms. The summed E-state index contributed by atoms with van der Waals surface area (Å²) in [4.78, 5) is 25.2. The third kappa shape index (κ3) is 3.36. The van der Waals surface area contributed by atoms with Crippen molar-refractivity contribution in [2.24, 2.45) is 0 Å². The lowest BCUT2D eigenvalue weighted by molar-refractivity contribution is -0.0393. The van der Waals surface area contributed by atoms with E-state index in [0.29, 0.717) is 5.56 Å². The lowest BCUT2D eigenvalue weighted by atomic mass is 10.2. The monoisotopic (exact) mass is 320 g/mol. The summed E-state index contributed by atoms with van der Waals surface area (Å²) in [7, 11) is -2.19. The summed E-state index contributed by atoms with van der Waals surface area (Å²) in [6, 6.07) is 0. The van der Waals surface area contributed by atoms with Crippen molar-refractivity contribution in [2.45, 2.75) is 31.8 Å². The number of hydrogen-bond acceptors (Lipinski definition) is 7. The van der Waals surface area contributed by atoms with Gasteiger partial charge in [0, 0.05) is 18.2 Å². The predicted molar refractivity (Wildman–Crippen MR) is 71.5 cm³/mol. The molecule has 2 heterocycles. The van der Waals surface area contributed by atoms with Gasteiger partial charge in [-0.05, 0) is 6.92 Å². The molecular formula is C10H13N2O6PS. The summed E-state index contributed by atoms with van der Waals surface area (Å²) in [5.41, 5.74) is -0.725. The highest BCUT2D eigenvalue weighted by atomic mass is 32.7. The zero-order valence-corrected chi connectivity index (χ0v) is 12.2. The first-order chi connectivity index (χ1) is 9.38. The molecule has 20 heavy (non-hydrogen) atoms. The van der Waals surface area contributed by atoms with Crippen LogP contribution in [0.3, 0.4) is 0 Å². The number of nitrogens with zero attached hydrogens (tertiary/aromatic N) is 1. The molecule has 1 saturated heterocycles. The Balaban J connectivity index is 2.16. The van der Waals surface area contributed by atoms with Crippen LogP contribution in [0.2, 0.25) is 0 Å². The Kier molecular flexibility index (Phi) is 4.77. The minimum Gasteiger partial charge on any atom is -0.408 e. The van der Waals surface area contributed by atoms with Crippen LogP contribution in [0.4, 0.5) is 0 Å². The number of H-pyrrole nitrogens is 1. The molecule has 1 aliphatic heterocycles. The number of nitrogens with one attached hydrogen (secondary N) is 1. The van der Waals surface area contributed by atoms with Crippen LogP contribution in [0.1, 0.15) is 18.2 Å². The van der Waals surface area contributed by atoms with Crippen molar-refractivity contribution in [3.05, 3.63) is 32.6 Å². The Hall–Kier alpha value is -0.990. The van der Waals surface area contributed by atoms with Gasteiger partial charge in [-0.25, -0.2) is 4.79 Å². The Morgan fingerprint density at radius 1 is 1.65 bits per heavy atom. The Morgan fingerprint density at radius 3 is 3.00 bits per heavy atom. The average molecular weight is 320 g/mol. The second-order valence-electron chi connectivity index (χ2n) is 4.43. The molecule has 0 radical (unpaired) electrons. The van der Waals surface area contributed by atoms with Crippen LogP contribution in [0.5, 0.6) is 0 Å². The highest BCUT2D eigenvalue weighted by Crippen LogP contribution is 2.29. The van der Waals surface area contributed by atoms with Gasteiger partial charge in [0.25, 0.3) is 5.56 Å². The second kappa shape index (κ2) is 6.19. The number of ether oxygens (including phenoxy) is 1. The van der Waals surface area contributed by atoms with Crippen molar-refractivity contribution >= 4 is 19.5 Å². The first kappa shape index (κ1) is 15.4. The van der Waals surface area contributed by atoms with E-state index >= 15 is 0 Å². The number of aromatic nitrogens is 2. The van der Waals surface area contributed by atoms with E-state index in [4.69, 9.17) is 9.26 Å². The van der Waals surface area contributed by atoms with Crippen molar-refractivity contribution in [1.82, 2.24) is 9.55 Å². The molecule has 2 N–H and O–H groups in total. The van der Waals surface area contributed by atoms with Crippen LogP contribution in [0, 0.1) is 6.92 Å². The lowest BCUT2D eigenvalue weighted by Gasteiger charge is -2.14. The molecule has 0 amide bonds. The van der Waals surface area contributed by atoms with E-state index in [0.717, 1.165) is 0 Å². The minimum absolute atomic E-state index is 0.118. The summed E-state index contributed by atoms with van der Waals surface area (Å²) in [5, 5.41) is 9.83. The SMILES string of the molecule is Cc1cn([C@H]2C[C@H](O)[C@@H](CO[P+](=O)[S-])O2)c(=O)[nH]c1=O. The van der Waals surface area contributed by atoms with E-state index in [1.807, 2.05) is 0 Å². The van der Waals surface area contributed by atoms with Gasteiger partial charge < -0.3 is 22.1 Å². The number of aryl methyl sites for hydroxylation is 1. The van der Waals surface area contributed by atoms with Crippen molar-refractivity contribution in [2.75, 3.05) is 6.61 Å². The van der Waals surface area contributed by atoms with Crippen molar-refractivity contribution in [3.63, 3.8) is 0 Å². The molecule has 1 aliphatic rings. The van der Waals surface area contributed by atoms with Gasteiger partial charge in [0.15, 0.2) is 0 Å². The van der Waals surface area contributed by atoms with E-state index in [1.54, 1.807) is 6.92 Å². The number of rotatable bonds is 4. The van der Waals surface area contributed by atoms with E-state index in [1.165, 1.54) is 10.8 Å². The van der Waals surface area contributed by atoms with Gasteiger partial charge in [-0.3, -0.25) is 14.3 Å². The summed E-state index contributed by atoms with van der Waals surface area (Å²) in [5.74, 6) is 0. The number of hydrogen-bond donors (Lipinski definition) is 2. The number of aliphatic hydroxyl groups excluding tert-OH is 1. The van der Waals surface area contributed by atoms with Gasteiger partial charge >= 0.3 is 12.9 Å². The van der Waals surface area contributed by atoms with Gasteiger partial charge in [-0.1, -0.05) is 4.57 Å². The molecule has 1 aromatic heterocycles. The zero-order valence-electron chi connectivity index (χ0n) is 10.5. The van der Waals surface area contributed by atoms with E-state index in [-0.39, 0.29) is 13.0 Å². The molecule has 110 valence electrons. The highest BCUT2D eigenvalue weighted by Gasteiger charge is 2.36. The van der Waals surface area contributed by atoms with Crippen LogP contribution in [-0.4, -0.2) is 33.5 Å². The minimum atomic E-state index is -2.19. The molecular weight excluding hydrogens is 307 g/mol. The van der Waals surface area contributed by atoms with Gasteiger partial charge in [0.05, 0.1) is 6.10 Å². The van der Waals surface area contributed by atoms with E-state index in [9.17, 15) is 19.3 Å². The summed E-state index contributed by atoms with van der Waals surface area (Å²) < 4.78 is 22.1. The van der Waals surface area contributed by atoms with Crippen LogP contribution >= 0.6 is 7.23 Å². The lowest BCUT2D eigenvalue weighted by Crippen LogP contribution is -2.33. The molecule has 1 unspecified atom stereocenters. The highest BCUT2D eigenvalue weighted by molar-refractivity contribution is 8.25. The van der Waals surface area contributed by atoms with Crippen molar-refractivity contribution in [3.8, 4) is 0 Å². The van der Waals surface area contributed by atoms with Crippen LogP contribution in [0.15, 0.2) is 15.8 Å². The van der Waals surface area contributed by atoms with E-state index < -0.39 is 36.9 Å². The van der Waals surface area contributed by atoms with Crippen LogP contribution in [0.25, 0.3) is 0 Å². The van der Waals surface area contributed by atoms with Gasteiger partial charge in [-0.15, -0.1) is 0 Å². The van der Waals surface area contributed by atoms with Crippen molar-refractivity contribution < 1.29 is 18.9 Å². The number of aliphatic hydroxyl groups is 1. The first-order valence-electron chi connectivity index (χ1n) is 5.81. The molecule has 4 atom stereocenters. The quantitative estimate of drug-likeness (QED) is 0.579. The largest absolute Gasteiger partial charge is 0.408 e. The van der Waals surface area contributed by atoms with Gasteiger partial charge in [0.1, 0.15) is 18.9 Å². The average Bonchev–Trinajstić information content (AvgIpc) is 2.72. The molecule has 0 spiro atoms. The second-order valence-corrected chi connectivity index (χ2v) is 6.03. The molecule has 1 fully saturated rings. The Morgan fingerprint density at radius 2 is 2.35 bits per heavy atom. The maximum Gasteiger partial charge on any atom is 0.372 e. The smallest absolute Gasteiger partial charge is 0.372 e. The number of aromatic amines is 1. The maximum absolute atomic E-state index is 11.7. The Bertz CT molecular complexity index is 629. The summed E-state index contributed by atoms with van der Waals surface area (Å²) >= 11 is 4.38. The predicted octanol–water partition coefficient (Wildman–Crippen LogP) is -0.286. The summed E-state index contributed by atoms with van der Waals surface area (Å²) in [6.45, 7) is 1.44. The fraction of sp³-hybridized carbons (Fsp3) is 0.600. The molecule has 8 nitrogen and oxygen atoms in total.